The van der Waals surface area contributed by atoms with Crippen LogP contribution in [0.4, 0.5) is 11.5 Å². The minimum atomic E-state index is -0.382. The number of nitrogens with one attached hydrogen (secondary N) is 2. The van der Waals surface area contributed by atoms with E-state index in [2.05, 4.69) is 38.5 Å². The predicted molar refractivity (Wildman–Crippen MR) is 89.5 cm³/mol. The molecule has 1 aliphatic heterocycles. The predicted octanol–water partition coefficient (Wildman–Crippen LogP) is 1.38. The second kappa shape index (κ2) is 5.70. The lowest BCUT2D eigenvalue weighted by atomic mass is 10.1. The van der Waals surface area contributed by atoms with Crippen LogP contribution in [0.2, 0.25) is 0 Å². The van der Waals surface area contributed by atoms with E-state index < -0.39 is 0 Å². The van der Waals surface area contributed by atoms with Gasteiger partial charge in [-0.1, -0.05) is 0 Å². The molecule has 3 N–H and O–H groups in total. The Labute approximate surface area is 130 Å². The Balaban J connectivity index is 2.00. The minimum absolute atomic E-state index is 0.00874. The third-order valence-electron chi connectivity index (χ3n) is 4.18. The average molecular weight is 301 g/mol. The van der Waals surface area contributed by atoms with Crippen LogP contribution in [0.15, 0.2) is 12.1 Å². The molecule has 0 saturated carbocycles. The number of likely N-dealkylation sites (N-methyl/N-ethyl adjacent to an activating group) is 1. The standard InChI is InChI=1S/C16H23N5O/c1-9-5-10(2)18-16-15(9)11(17-3)6-14(20-16)19-12-7-21(4)8-13(12)22/h5-6,12-13,22H,7-8H2,1-4H3,(H2,17,18,19,20)/t12-,13-/m0/s1. The molecule has 0 unspecified atom stereocenters. The van der Waals surface area contributed by atoms with Crippen LogP contribution in [-0.4, -0.2) is 59.3 Å². The van der Waals surface area contributed by atoms with Gasteiger partial charge in [-0.25, -0.2) is 9.97 Å². The highest BCUT2D eigenvalue weighted by Crippen LogP contribution is 2.28. The smallest absolute Gasteiger partial charge is 0.164 e. The van der Waals surface area contributed by atoms with Gasteiger partial charge in [-0.3, -0.25) is 0 Å². The Hall–Kier alpha value is -1.92. The van der Waals surface area contributed by atoms with E-state index in [-0.39, 0.29) is 12.1 Å². The van der Waals surface area contributed by atoms with Crippen molar-refractivity contribution in [3.8, 4) is 0 Å². The molecule has 0 amide bonds. The fourth-order valence-electron chi connectivity index (χ4n) is 3.17. The van der Waals surface area contributed by atoms with Crippen molar-refractivity contribution < 1.29 is 5.11 Å². The van der Waals surface area contributed by atoms with Crippen molar-refractivity contribution >= 4 is 22.5 Å². The summed E-state index contributed by atoms with van der Waals surface area (Å²) in [7, 11) is 3.90. The fourth-order valence-corrected chi connectivity index (χ4v) is 3.17. The SMILES string of the molecule is CNc1cc(N[C@H]2CN(C)C[C@@H]2O)nc2nc(C)cc(C)c12. The van der Waals surface area contributed by atoms with E-state index in [1.165, 1.54) is 0 Å². The largest absolute Gasteiger partial charge is 0.390 e. The van der Waals surface area contributed by atoms with E-state index in [9.17, 15) is 5.11 Å². The molecule has 0 radical (unpaired) electrons. The highest BCUT2D eigenvalue weighted by Gasteiger charge is 2.29. The lowest BCUT2D eigenvalue weighted by Crippen LogP contribution is -2.32. The number of aromatic nitrogens is 2. The average Bonchev–Trinajstić information content (AvgIpc) is 2.75. The Bertz CT molecular complexity index is 702. The monoisotopic (exact) mass is 301 g/mol. The van der Waals surface area contributed by atoms with Crippen molar-refractivity contribution in [1.82, 2.24) is 14.9 Å². The molecule has 0 bridgehead atoms. The van der Waals surface area contributed by atoms with Crippen LogP contribution < -0.4 is 10.6 Å². The van der Waals surface area contributed by atoms with Gasteiger partial charge in [0.25, 0.3) is 0 Å². The maximum atomic E-state index is 10.1. The third kappa shape index (κ3) is 2.71. The zero-order chi connectivity index (χ0) is 15.9. The molecule has 118 valence electrons. The van der Waals surface area contributed by atoms with Gasteiger partial charge in [-0.2, -0.15) is 0 Å². The van der Waals surface area contributed by atoms with Gasteiger partial charge in [0.1, 0.15) is 5.82 Å². The highest BCUT2D eigenvalue weighted by molar-refractivity contribution is 5.93. The number of rotatable bonds is 3. The van der Waals surface area contributed by atoms with Crippen LogP contribution >= 0.6 is 0 Å². The van der Waals surface area contributed by atoms with Crippen LogP contribution in [0.3, 0.4) is 0 Å². The second-order valence-corrected chi connectivity index (χ2v) is 6.12. The van der Waals surface area contributed by atoms with Gasteiger partial charge in [0.05, 0.1) is 12.1 Å². The molecule has 1 fully saturated rings. The van der Waals surface area contributed by atoms with Crippen LogP contribution in [-0.2, 0) is 0 Å². The summed E-state index contributed by atoms with van der Waals surface area (Å²) in [4.78, 5) is 11.3. The van der Waals surface area contributed by atoms with Crippen molar-refractivity contribution in [2.24, 2.45) is 0 Å². The molecule has 6 heteroatoms. The summed E-state index contributed by atoms with van der Waals surface area (Å²) < 4.78 is 0. The number of β-amino-alcohol motifs (C(OH)–C–C–N with tert-alkyl or cyclic N) is 1. The number of likely N-dealkylation sites (tertiary alicyclic amines) is 1. The van der Waals surface area contributed by atoms with Crippen LogP contribution in [0.5, 0.6) is 0 Å². The summed E-state index contributed by atoms with van der Waals surface area (Å²) in [5.74, 6) is 0.744. The molecule has 1 aliphatic rings. The highest BCUT2D eigenvalue weighted by atomic mass is 16.3. The molecule has 1 saturated heterocycles. The number of pyridine rings is 2. The van der Waals surface area contributed by atoms with E-state index in [0.29, 0.717) is 6.54 Å². The van der Waals surface area contributed by atoms with Crippen molar-refractivity contribution in [2.45, 2.75) is 26.0 Å². The second-order valence-electron chi connectivity index (χ2n) is 6.12. The molecule has 6 nitrogen and oxygen atoms in total. The van der Waals surface area contributed by atoms with Gasteiger partial charge in [0.15, 0.2) is 5.65 Å². The fraction of sp³-hybridized carbons (Fsp3) is 0.500. The van der Waals surface area contributed by atoms with Gasteiger partial charge in [-0.05, 0) is 32.5 Å². The number of nitrogens with zero attached hydrogens (tertiary/aromatic N) is 3. The Morgan fingerprint density at radius 2 is 2.00 bits per heavy atom. The molecule has 0 spiro atoms. The van der Waals surface area contributed by atoms with E-state index in [4.69, 9.17) is 0 Å². The van der Waals surface area contributed by atoms with Gasteiger partial charge >= 0.3 is 0 Å². The first kappa shape index (κ1) is 15.0. The third-order valence-corrected chi connectivity index (χ3v) is 4.18. The number of hydrogen-bond acceptors (Lipinski definition) is 6. The molecule has 3 heterocycles. The summed E-state index contributed by atoms with van der Waals surface area (Å²) in [6.45, 7) is 5.53. The number of anilines is 2. The van der Waals surface area contributed by atoms with E-state index in [0.717, 1.165) is 40.3 Å². The first-order valence-electron chi connectivity index (χ1n) is 7.58. The van der Waals surface area contributed by atoms with Crippen molar-refractivity contribution in [2.75, 3.05) is 37.8 Å². The molecule has 2 aromatic heterocycles. The topological polar surface area (TPSA) is 73.3 Å². The maximum Gasteiger partial charge on any atom is 0.164 e. The van der Waals surface area contributed by atoms with Crippen molar-refractivity contribution in [3.05, 3.63) is 23.4 Å². The Morgan fingerprint density at radius 1 is 1.23 bits per heavy atom. The number of aliphatic hydroxyl groups is 1. The van der Waals surface area contributed by atoms with Crippen LogP contribution in [0.25, 0.3) is 11.0 Å². The lowest BCUT2D eigenvalue weighted by Gasteiger charge is -2.18. The summed E-state index contributed by atoms with van der Waals surface area (Å²) in [6.07, 6.45) is -0.382. The van der Waals surface area contributed by atoms with Gasteiger partial charge in [0.2, 0.25) is 0 Å². The van der Waals surface area contributed by atoms with Crippen molar-refractivity contribution in [3.63, 3.8) is 0 Å². The molecule has 0 aromatic carbocycles. The van der Waals surface area contributed by atoms with Crippen LogP contribution in [0.1, 0.15) is 11.3 Å². The Kier molecular flexibility index (Phi) is 3.88. The summed E-state index contributed by atoms with van der Waals surface area (Å²) in [5, 5.41) is 17.7. The van der Waals surface area contributed by atoms with Crippen molar-refractivity contribution in [1.29, 1.82) is 0 Å². The van der Waals surface area contributed by atoms with Gasteiger partial charge in [0, 0.05) is 43.0 Å². The number of aliphatic hydroxyl groups excluding tert-OH is 1. The molecule has 22 heavy (non-hydrogen) atoms. The van der Waals surface area contributed by atoms with Gasteiger partial charge in [-0.15, -0.1) is 0 Å². The van der Waals surface area contributed by atoms with E-state index >= 15 is 0 Å². The normalized spacial score (nSPS) is 22.2. The molecule has 0 aliphatic carbocycles. The summed E-state index contributed by atoms with van der Waals surface area (Å²) in [6, 6.07) is 4.04. The minimum Gasteiger partial charge on any atom is -0.390 e. The maximum absolute atomic E-state index is 10.1. The van der Waals surface area contributed by atoms with E-state index in [1.54, 1.807) is 0 Å². The first-order valence-corrected chi connectivity index (χ1v) is 7.58. The zero-order valence-electron chi connectivity index (χ0n) is 13.5. The molecule has 3 rings (SSSR count). The first-order chi connectivity index (χ1) is 10.5. The zero-order valence-corrected chi connectivity index (χ0v) is 13.5. The Morgan fingerprint density at radius 3 is 2.64 bits per heavy atom. The lowest BCUT2D eigenvalue weighted by molar-refractivity contribution is 0.174. The number of fused-ring (bicyclic) bond motifs is 1. The molecule has 2 aromatic rings. The quantitative estimate of drug-likeness (QED) is 0.795. The molecule has 2 atom stereocenters. The summed E-state index contributed by atoms with van der Waals surface area (Å²) >= 11 is 0. The van der Waals surface area contributed by atoms with E-state index in [1.807, 2.05) is 27.1 Å². The molecular formula is C16H23N5O. The summed E-state index contributed by atoms with van der Waals surface area (Å²) in [5.41, 5.74) is 3.84. The number of hydrogen-bond donors (Lipinski definition) is 3. The van der Waals surface area contributed by atoms with Gasteiger partial charge < -0.3 is 20.6 Å². The molecular weight excluding hydrogens is 278 g/mol. The number of aryl methyl sites for hydroxylation is 2. The van der Waals surface area contributed by atoms with Crippen LogP contribution in [0, 0.1) is 13.8 Å².